The predicted molar refractivity (Wildman–Crippen MR) is 92.4 cm³/mol. The van der Waals surface area contributed by atoms with Crippen LogP contribution < -0.4 is 21.1 Å². The van der Waals surface area contributed by atoms with Crippen LogP contribution in [0.2, 0.25) is 0 Å². The number of carbonyl (C=O) groups excluding carboxylic acids is 1. The van der Waals surface area contributed by atoms with Gasteiger partial charge in [-0.2, -0.15) is 0 Å². The van der Waals surface area contributed by atoms with Crippen molar-refractivity contribution < 1.29 is 19.4 Å². The maximum atomic E-state index is 12.0. The van der Waals surface area contributed by atoms with Gasteiger partial charge in [-0.3, -0.25) is 10.2 Å². The highest BCUT2D eigenvalue weighted by molar-refractivity contribution is 5.90. The molecule has 0 spiro atoms. The number of carboxylic acid groups (broad SMARTS) is 1. The minimum absolute atomic E-state index is 0.272. The fourth-order valence-electron chi connectivity index (χ4n) is 2.28. The molecule has 1 atom stereocenters. The molecule has 0 bridgehead atoms. The van der Waals surface area contributed by atoms with E-state index >= 15 is 0 Å². The van der Waals surface area contributed by atoms with Crippen molar-refractivity contribution in [2.75, 3.05) is 11.9 Å². The molecule has 0 saturated carbocycles. The zero-order chi connectivity index (χ0) is 18.3. The summed E-state index contributed by atoms with van der Waals surface area (Å²) < 4.78 is 5.57. The van der Waals surface area contributed by atoms with Crippen molar-refractivity contribution >= 4 is 24.0 Å². The Morgan fingerprint density at radius 3 is 2.56 bits per heavy atom. The zero-order valence-electron chi connectivity index (χ0n) is 13.2. The molecule has 2 aromatic rings. The summed E-state index contributed by atoms with van der Waals surface area (Å²) in [5, 5.41) is 22.0. The molecule has 25 heavy (non-hydrogen) atoms. The minimum Gasteiger partial charge on any atom is -0.490 e. The van der Waals surface area contributed by atoms with Crippen LogP contribution in [-0.2, 0) is 15.1 Å². The average molecular weight is 342 g/mol. The van der Waals surface area contributed by atoms with Crippen LogP contribution in [0.5, 0.6) is 5.75 Å². The van der Waals surface area contributed by atoms with Crippen molar-refractivity contribution in [3.8, 4) is 5.75 Å². The monoisotopic (exact) mass is 342 g/mol. The summed E-state index contributed by atoms with van der Waals surface area (Å²) in [5.74, 6) is -1.10. The number of carbonyl (C=O) groups is 2. The van der Waals surface area contributed by atoms with Crippen molar-refractivity contribution in [3.05, 3.63) is 60.2 Å². The lowest BCUT2D eigenvalue weighted by Gasteiger charge is -2.29. The number of ether oxygens (including phenoxy) is 1. The van der Waals surface area contributed by atoms with E-state index in [9.17, 15) is 14.7 Å². The Balaban J connectivity index is 2.38. The van der Waals surface area contributed by atoms with Gasteiger partial charge in [-0.25, -0.2) is 4.79 Å². The summed E-state index contributed by atoms with van der Waals surface area (Å²) in [5.41, 5.74) is 4.19. The molecule has 8 nitrogen and oxygen atoms in total. The van der Waals surface area contributed by atoms with Gasteiger partial charge in [-0.05, 0) is 29.8 Å². The lowest BCUT2D eigenvalue weighted by Crippen LogP contribution is -2.53. The molecule has 0 heterocycles. The lowest BCUT2D eigenvalue weighted by molar-refractivity contribution is -0.148. The number of amides is 1. The van der Waals surface area contributed by atoms with Gasteiger partial charge in [-0.1, -0.05) is 30.3 Å². The number of guanidine groups is 1. The van der Waals surface area contributed by atoms with E-state index in [1.165, 1.54) is 6.07 Å². The number of para-hydroxylation sites is 1. The zero-order valence-corrected chi connectivity index (χ0v) is 13.2. The number of hydrogen-bond acceptors (Lipinski definition) is 4. The summed E-state index contributed by atoms with van der Waals surface area (Å²) in [6.45, 7) is -0.325. The van der Waals surface area contributed by atoms with Gasteiger partial charge in [0.2, 0.25) is 6.41 Å². The number of carboxylic acids is 1. The van der Waals surface area contributed by atoms with Crippen LogP contribution >= 0.6 is 0 Å². The topological polar surface area (TPSA) is 138 Å². The van der Waals surface area contributed by atoms with Gasteiger partial charge < -0.3 is 26.2 Å². The Morgan fingerprint density at radius 2 is 1.96 bits per heavy atom. The Kier molecular flexibility index (Phi) is 5.57. The molecule has 1 amide bonds. The van der Waals surface area contributed by atoms with Crippen molar-refractivity contribution in [1.29, 1.82) is 5.41 Å². The summed E-state index contributed by atoms with van der Waals surface area (Å²) in [4.78, 5) is 23.1. The van der Waals surface area contributed by atoms with E-state index in [1.54, 1.807) is 48.5 Å². The first-order chi connectivity index (χ1) is 12.0. The van der Waals surface area contributed by atoms with Crippen LogP contribution in [-0.4, -0.2) is 30.1 Å². The van der Waals surface area contributed by atoms with Gasteiger partial charge in [0.25, 0.3) is 0 Å². The molecule has 1 unspecified atom stereocenters. The fourth-order valence-corrected chi connectivity index (χ4v) is 2.28. The van der Waals surface area contributed by atoms with E-state index in [1.807, 2.05) is 0 Å². The van der Waals surface area contributed by atoms with E-state index in [2.05, 4.69) is 10.6 Å². The van der Waals surface area contributed by atoms with Gasteiger partial charge in [-0.15, -0.1) is 0 Å². The van der Waals surface area contributed by atoms with Crippen molar-refractivity contribution in [2.24, 2.45) is 5.73 Å². The van der Waals surface area contributed by atoms with Crippen LogP contribution in [0, 0.1) is 5.41 Å². The van der Waals surface area contributed by atoms with E-state index in [0.717, 1.165) is 0 Å². The first-order valence-corrected chi connectivity index (χ1v) is 7.32. The standard InChI is InChI=1S/C17H18N4O4/c18-16(19)21-13-6-4-5-12(9-13)17(15(23)24,20-11-22)10-25-14-7-2-1-3-8-14/h1-9,11H,10H2,(H,20,22)(H,23,24)(H4,18,19,21). The molecule has 0 saturated heterocycles. The van der Waals surface area contributed by atoms with Gasteiger partial charge in [0.05, 0.1) is 0 Å². The van der Waals surface area contributed by atoms with E-state index in [-0.39, 0.29) is 18.1 Å². The smallest absolute Gasteiger partial charge is 0.337 e. The van der Waals surface area contributed by atoms with Gasteiger partial charge in [0.15, 0.2) is 11.5 Å². The van der Waals surface area contributed by atoms with Gasteiger partial charge in [0, 0.05) is 5.69 Å². The van der Waals surface area contributed by atoms with E-state index in [4.69, 9.17) is 15.9 Å². The number of nitrogens with one attached hydrogen (secondary N) is 3. The van der Waals surface area contributed by atoms with Crippen LogP contribution in [0.1, 0.15) is 5.56 Å². The van der Waals surface area contributed by atoms with E-state index in [0.29, 0.717) is 17.8 Å². The third-order valence-corrected chi connectivity index (χ3v) is 3.50. The highest BCUT2D eigenvalue weighted by atomic mass is 16.5. The summed E-state index contributed by atoms with van der Waals surface area (Å²) in [7, 11) is 0. The van der Waals surface area contributed by atoms with Crippen LogP contribution in [0.25, 0.3) is 0 Å². The van der Waals surface area contributed by atoms with E-state index < -0.39 is 11.5 Å². The first-order valence-electron chi connectivity index (χ1n) is 7.32. The first kappa shape index (κ1) is 17.8. The summed E-state index contributed by atoms with van der Waals surface area (Å²) in [6.07, 6.45) is 0.313. The van der Waals surface area contributed by atoms with Gasteiger partial charge >= 0.3 is 5.97 Å². The quantitative estimate of drug-likeness (QED) is 0.277. The number of benzene rings is 2. The van der Waals surface area contributed by atoms with Crippen molar-refractivity contribution in [1.82, 2.24) is 5.32 Å². The molecular formula is C17H18N4O4. The Hall–Kier alpha value is -3.55. The molecular weight excluding hydrogens is 324 g/mol. The minimum atomic E-state index is -1.80. The van der Waals surface area contributed by atoms with Crippen LogP contribution in [0.15, 0.2) is 54.6 Å². The molecule has 6 N–H and O–H groups in total. The van der Waals surface area contributed by atoms with Crippen molar-refractivity contribution in [2.45, 2.75) is 5.54 Å². The molecule has 2 aromatic carbocycles. The molecule has 0 aliphatic carbocycles. The number of anilines is 1. The second-order valence-corrected chi connectivity index (χ2v) is 5.19. The van der Waals surface area contributed by atoms with Crippen LogP contribution in [0.3, 0.4) is 0 Å². The Morgan fingerprint density at radius 1 is 1.24 bits per heavy atom. The number of aliphatic carboxylic acids is 1. The lowest BCUT2D eigenvalue weighted by atomic mass is 9.90. The van der Waals surface area contributed by atoms with Crippen LogP contribution in [0.4, 0.5) is 5.69 Å². The molecule has 130 valence electrons. The number of rotatable bonds is 8. The Bertz CT molecular complexity index is 766. The number of hydrogen-bond donors (Lipinski definition) is 5. The molecule has 2 rings (SSSR count). The second-order valence-electron chi connectivity index (χ2n) is 5.19. The molecule has 0 aliphatic heterocycles. The molecule has 0 radical (unpaired) electrons. The summed E-state index contributed by atoms with van der Waals surface area (Å²) in [6, 6.07) is 14.9. The normalized spacial score (nSPS) is 12.5. The third kappa shape index (κ3) is 4.25. The average Bonchev–Trinajstić information content (AvgIpc) is 2.59. The molecule has 8 heteroatoms. The molecule has 0 aromatic heterocycles. The second kappa shape index (κ2) is 7.82. The van der Waals surface area contributed by atoms with Crippen molar-refractivity contribution in [3.63, 3.8) is 0 Å². The fraction of sp³-hybridized carbons (Fsp3) is 0.118. The summed E-state index contributed by atoms with van der Waals surface area (Å²) >= 11 is 0. The Labute approximate surface area is 144 Å². The van der Waals surface area contributed by atoms with Gasteiger partial charge in [0.1, 0.15) is 12.4 Å². The predicted octanol–water partition coefficient (Wildman–Crippen LogP) is 1.10. The maximum absolute atomic E-state index is 12.0. The highest BCUT2D eigenvalue weighted by Crippen LogP contribution is 2.26. The highest BCUT2D eigenvalue weighted by Gasteiger charge is 2.41. The third-order valence-electron chi connectivity index (χ3n) is 3.50. The molecule has 0 aliphatic rings. The molecule has 0 fully saturated rings. The SMILES string of the molecule is N=C(N)Nc1cccc(C(COc2ccccc2)(NC=O)C(=O)O)c1. The number of nitrogens with two attached hydrogens (primary N) is 1. The maximum Gasteiger partial charge on any atom is 0.337 e. The largest absolute Gasteiger partial charge is 0.490 e.